The number of carbonyl (C=O) groups is 1. The predicted octanol–water partition coefficient (Wildman–Crippen LogP) is 4.09. The van der Waals surface area contributed by atoms with Crippen molar-refractivity contribution >= 4 is 28.6 Å². The van der Waals surface area contributed by atoms with Crippen molar-refractivity contribution < 1.29 is 4.79 Å². The van der Waals surface area contributed by atoms with Crippen molar-refractivity contribution in [1.29, 1.82) is 0 Å². The van der Waals surface area contributed by atoms with Crippen LogP contribution in [-0.2, 0) is 4.79 Å². The molecular formula is C20H19N3OS. The number of benzene rings is 2. The van der Waals surface area contributed by atoms with Crippen LogP contribution in [0.25, 0.3) is 10.9 Å². The highest BCUT2D eigenvalue weighted by atomic mass is 32.2. The minimum atomic E-state index is -0.280. The molecular weight excluding hydrogens is 330 g/mol. The Morgan fingerprint density at radius 2 is 1.68 bits per heavy atom. The summed E-state index contributed by atoms with van der Waals surface area (Å²) in [6.45, 7) is 1.71. The zero-order chi connectivity index (χ0) is 17.1. The molecule has 0 saturated carbocycles. The van der Waals surface area contributed by atoms with Gasteiger partial charge in [-0.15, -0.1) is 0 Å². The number of thioether (sulfide) groups is 1. The maximum absolute atomic E-state index is 13.1. The minimum Gasteiger partial charge on any atom is -0.341 e. The lowest BCUT2D eigenvalue weighted by Crippen LogP contribution is -2.31. The smallest absolute Gasteiger partial charge is 0.240 e. The van der Waals surface area contributed by atoms with E-state index >= 15 is 0 Å². The zero-order valence-electron chi connectivity index (χ0n) is 13.8. The summed E-state index contributed by atoms with van der Waals surface area (Å²) in [5.74, 6) is 0.177. The van der Waals surface area contributed by atoms with E-state index < -0.39 is 0 Å². The molecule has 1 fully saturated rings. The Morgan fingerprint density at radius 1 is 0.960 bits per heavy atom. The molecule has 2 aromatic carbocycles. The number of fused-ring (bicyclic) bond motifs is 1. The van der Waals surface area contributed by atoms with E-state index in [9.17, 15) is 4.79 Å². The molecule has 0 unspecified atom stereocenters. The van der Waals surface area contributed by atoms with Gasteiger partial charge in [-0.05, 0) is 24.5 Å². The quantitative estimate of drug-likeness (QED) is 0.526. The van der Waals surface area contributed by atoms with Crippen LogP contribution in [0.1, 0.15) is 23.7 Å². The number of carbonyl (C=O) groups excluding carboxylic acids is 1. The average molecular weight is 349 g/mol. The van der Waals surface area contributed by atoms with Crippen LogP contribution in [0.15, 0.2) is 66.0 Å². The van der Waals surface area contributed by atoms with Gasteiger partial charge in [0, 0.05) is 18.5 Å². The molecule has 0 spiro atoms. The molecule has 4 nitrogen and oxygen atoms in total. The molecule has 5 heteroatoms. The maximum atomic E-state index is 13.1. The normalized spacial score (nSPS) is 15.4. The Labute approximate surface area is 151 Å². The summed E-state index contributed by atoms with van der Waals surface area (Å²) in [6.07, 6.45) is 3.76. The van der Waals surface area contributed by atoms with Gasteiger partial charge >= 0.3 is 0 Å². The summed E-state index contributed by atoms with van der Waals surface area (Å²) in [5, 5.41) is 1.56. The maximum Gasteiger partial charge on any atom is 0.240 e. The average Bonchev–Trinajstić information content (AvgIpc) is 3.21. The molecule has 0 bridgehead atoms. The van der Waals surface area contributed by atoms with Crippen LogP contribution in [0, 0.1) is 0 Å². The highest BCUT2D eigenvalue weighted by Gasteiger charge is 2.29. The molecule has 1 aliphatic rings. The van der Waals surface area contributed by atoms with E-state index in [2.05, 4.69) is 9.97 Å². The second-order valence-electron chi connectivity index (χ2n) is 6.14. The molecule has 4 rings (SSSR count). The molecule has 1 amide bonds. The number of rotatable bonds is 4. The SMILES string of the molecule is O=C([C@@H](Sc1ncnc2ccccc12)c1ccccc1)N1CCCC1. The van der Waals surface area contributed by atoms with Gasteiger partial charge in [0.25, 0.3) is 0 Å². The van der Waals surface area contributed by atoms with Crippen LogP contribution in [0.3, 0.4) is 0 Å². The van der Waals surface area contributed by atoms with Crippen LogP contribution in [0.5, 0.6) is 0 Å². The van der Waals surface area contributed by atoms with Crippen LogP contribution in [0.2, 0.25) is 0 Å². The molecule has 1 aliphatic heterocycles. The molecule has 0 aliphatic carbocycles. The fourth-order valence-electron chi connectivity index (χ4n) is 3.18. The van der Waals surface area contributed by atoms with Gasteiger partial charge in [-0.2, -0.15) is 0 Å². The van der Waals surface area contributed by atoms with Crippen LogP contribution in [-0.4, -0.2) is 33.9 Å². The number of hydrogen-bond acceptors (Lipinski definition) is 4. The first-order valence-corrected chi connectivity index (χ1v) is 9.41. The van der Waals surface area contributed by atoms with E-state index in [0.29, 0.717) is 0 Å². The summed E-state index contributed by atoms with van der Waals surface area (Å²) in [7, 11) is 0. The predicted molar refractivity (Wildman–Crippen MR) is 100 cm³/mol. The summed E-state index contributed by atoms with van der Waals surface area (Å²) >= 11 is 1.52. The van der Waals surface area contributed by atoms with E-state index in [1.807, 2.05) is 59.5 Å². The van der Waals surface area contributed by atoms with Crippen molar-refractivity contribution in [3.8, 4) is 0 Å². The third-order valence-corrected chi connectivity index (χ3v) is 5.74. The number of nitrogens with zero attached hydrogens (tertiary/aromatic N) is 3. The van der Waals surface area contributed by atoms with Crippen LogP contribution < -0.4 is 0 Å². The molecule has 25 heavy (non-hydrogen) atoms. The lowest BCUT2D eigenvalue weighted by molar-refractivity contribution is -0.129. The molecule has 1 saturated heterocycles. The highest BCUT2D eigenvalue weighted by Crippen LogP contribution is 2.38. The van der Waals surface area contributed by atoms with Gasteiger partial charge in [0.05, 0.1) is 5.52 Å². The standard InChI is InChI=1S/C20H19N3OS/c24-20(23-12-6-7-13-23)18(15-8-2-1-3-9-15)25-19-16-10-4-5-11-17(16)21-14-22-19/h1-5,8-11,14,18H,6-7,12-13H2/t18-/m0/s1. The number of aromatic nitrogens is 2. The van der Waals surface area contributed by atoms with E-state index in [-0.39, 0.29) is 11.2 Å². The van der Waals surface area contributed by atoms with Crippen LogP contribution in [0.4, 0.5) is 0 Å². The van der Waals surface area contributed by atoms with Crippen LogP contribution >= 0.6 is 11.8 Å². The van der Waals surface area contributed by atoms with Gasteiger partial charge in [0.1, 0.15) is 16.6 Å². The summed E-state index contributed by atoms with van der Waals surface area (Å²) < 4.78 is 0. The van der Waals surface area contributed by atoms with Crippen molar-refractivity contribution in [3.05, 3.63) is 66.5 Å². The van der Waals surface area contributed by atoms with E-state index in [0.717, 1.165) is 47.4 Å². The van der Waals surface area contributed by atoms with Gasteiger partial charge in [-0.25, -0.2) is 9.97 Å². The summed E-state index contributed by atoms with van der Waals surface area (Å²) in [6, 6.07) is 17.9. The van der Waals surface area contributed by atoms with Gasteiger partial charge in [0.2, 0.25) is 5.91 Å². The van der Waals surface area contributed by atoms with E-state index in [1.54, 1.807) is 6.33 Å². The van der Waals surface area contributed by atoms with Crippen molar-refractivity contribution in [1.82, 2.24) is 14.9 Å². The molecule has 126 valence electrons. The molecule has 2 heterocycles. The fraction of sp³-hybridized carbons (Fsp3) is 0.250. The number of para-hydroxylation sites is 1. The lowest BCUT2D eigenvalue weighted by Gasteiger charge is -2.23. The first-order valence-electron chi connectivity index (χ1n) is 8.53. The Hall–Kier alpha value is -2.40. The van der Waals surface area contributed by atoms with Crippen molar-refractivity contribution in [2.45, 2.75) is 23.1 Å². The number of amides is 1. The Balaban J connectivity index is 1.71. The molecule has 3 aromatic rings. The third-order valence-electron chi connectivity index (χ3n) is 4.48. The lowest BCUT2D eigenvalue weighted by atomic mass is 10.1. The Kier molecular flexibility index (Phi) is 4.65. The third kappa shape index (κ3) is 3.37. The molecule has 0 N–H and O–H groups in total. The minimum absolute atomic E-state index is 0.177. The topological polar surface area (TPSA) is 46.1 Å². The monoisotopic (exact) mass is 349 g/mol. The molecule has 1 atom stereocenters. The van der Waals surface area contributed by atoms with Crippen molar-refractivity contribution in [2.24, 2.45) is 0 Å². The van der Waals surface area contributed by atoms with Gasteiger partial charge in [-0.1, -0.05) is 60.3 Å². The molecule has 1 aromatic heterocycles. The first-order chi connectivity index (χ1) is 12.3. The number of likely N-dealkylation sites (tertiary alicyclic amines) is 1. The second kappa shape index (κ2) is 7.23. The van der Waals surface area contributed by atoms with Gasteiger partial charge in [-0.3, -0.25) is 4.79 Å². The summed E-state index contributed by atoms with van der Waals surface area (Å²) in [4.78, 5) is 23.9. The van der Waals surface area contributed by atoms with Crippen molar-refractivity contribution in [3.63, 3.8) is 0 Å². The largest absolute Gasteiger partial charge is 0.341 e. The van der Waals surface area contributed by atoms with E-state index in [1.165, 1.54) is 11.8 Å². The van der Waals surface area contributed by atoms with Gasteiger partial charge in [0.15, 0.2) is 0 Å². The summed E-state index contributed by atoms with van der Waals surface area (Å²) in [5.41, 5.74) is 1.92. The Morgan fingerprint density at radius 3 is 2.48 bits per heavy atom. The second-order valence-corrected chi connectivity index (χ2v) is 7.23. The highest BCUT2D eigenvalue weighted by molar-refractivity contribution is 8.00. The van der Waals surface area contributed by atoms with E-state index in [4.69, 9.17) is 0 Å². The zero-order valence-corrected chi connectivity index (χ0v) is 14.7. The van der Waals surface area contributed by atoms with Crippen molar-refractivity contribution in [2.75, 3.05) is 13.1 Å². The van der Waals surface area contributed by atoms with Gasteiger partial charge < -0.3 is 4.90 Å². The first kappa shape index (κ1) is 16.1. The fourth-order valence-corrected chi connectivity index (χ4v) is 4.35. The molecule has 0 radical (unpaired) electrons. The number of hydrogen-bond donors (Lipinski definition) is 0. The Bertz CT molecular complexity index is 873.